The fourth-order valence-electron chi connectivity index (χ4n) is 1.44. The number of carbonyl (C=O) groups is 1. The molecule has 0 amide bonds. The summed E-state index contributed by atoms with van der Waals surface area (Å²) in [5.41, 5.74) is 1.03. The zero-order chi connectivity index (χ0) is 13.1. The Morgan fingerprint density at radius 1 is 1.28 bits per heavy atom. The highest BCUT2D eigenvalue weighted by Gasteiger charge is 2.11. The van der Waals surface area contributed by atoms with Crippen molar-refractivity contribution in [2.75, 3.05) is 0 Å². The summed E-state index contributed by atoms with van der Waals surface area (Å²) in [5, 5.41) is 9.33. The first-order valence-electron chi connectivity index (χ1n) is 5.06. The van der Waals surface area contributed by atoms with Crippen LogP contribution in [0.2, 0.25) is 10.2 Å². The van der Waals surface area contributed by atoms with E-state index in [9.17, 15) is 4.79 Å². The molecule has 92 valence electrons. The Bertz CT molecular complexity index is 602. The highest BCUT2D eigenvalue weighted by atomic mass is 35.5. The number of carboxylic acid groups (broad SMARTS) is 1. The van der Waals surface area contributed by atoms with Crippen LogP contribution in [-0.4, -0.2) is 21.0 Å². The molecule has 1 N–H and O–H groups in total. The smallest absolute Gasteiger partial charge is 0.307 e. The van der Waals surface area contributed by atoms with Gasteiger partial charge in [0, 0.05) is 17.3 Å². The number of benzene rings is 1. The molecule has 4 nitrogen and oxygen atoms in total. The summed E-state index contributed by atoms with van der Waals surface area (Å²) in [7, 11) is 0. The Morgan fingerprint density at radius 3 is 2.61 bits per heavy atom. The van der Waals surface area contributed by atoms with Gasteiger partial charge < -0.3 is 5.11 Å². The second kappa shape index (κ2) is 5.33. The Hall–Kier alpha value is -1.65. The van der Waals surface area contributed by atoms with Crippen LogP contribution < -0.4 is 0 Å². The van der Waals surface area contributed by atoms with Crippen molar-refractivity contribution in [1.29, 1.82) is 0 Å². The van der Waals surface area contributed by atoms with Crippen molar-refractivity contribution < 1.29 is 9.90 Å². The molecule has 6 heteroatoms. The molecular formula is C12H8Cl2N2O2. The van der Waals surface area contributed by atoms with Crippen molar-refractivity contribution in [3.05, 3.63) is 46.2 Å². The summed E-state index contributed by atoms with van der Waals surface area (Å²) in [6, 6.07) is 7.10. The van der Waals surface area contributed by atoms with Crippen molar-refractivity contribution in [3.8, 4) is 11.4 Å². The second-order valence-corrected chi connectivity index (χ2v) is 4.33. The summed E-state index contributed by atoms with van der Waals surface area (Å²) < 4.78 is 0. The minimum atomic E-state index is -0.981. The van der Waals surface area contributed by atoms with Crippen LogP contribution in [0.1, 0.15) is 5.56 Å². The summed E-state index contributed by atoms with van der Waals surface area (Å²) in [5.74, 6) is -0.606. The lowest BCUT2D eigenvalue weighted by Gasteiger charge is -2.05. The quantitative estimate of drug-likeness (QED) is 0.879. The average molecular weight is 283 g/mol. The van der Waals surface area contributed by atoms with E-state index in [1.165, 1.54) is 6.20 Å². The zero-order valence-electron chi connectivity index (χ0n) is 9.10. The minimum Gasteiger partial charge on any atom is -0.481 e. The standard InChI is InChI=1S/C12H8Cl2N2O2/c13-9-4-2-1-3-8(9)12-15-6-7(5-10(17)18)11(14)16-12/h1-4,6H,5H2,(H,17,18). The molecule has 0 aliphatic rings. The molecule has 0 atom stereocenters. The van der Waals surface area contributed by atoms with Crippen LogP contribution in [0.3, 0.4) is 0 Å². The van der Waals surface area contributed by atoms with E-state index in [1.54, 1.807) is 18.2 Å². The predicted octanol–water partition coefficient (Wildman–Crippen LogP) is 3.08. The van der Waals surface area contributed by atoms with E-state index in [0.29, 0.717) is 22.0 Å². The van der Waals surface area contributed by atoms with Crippen LogP contribution in [0.15, 0.2) is 30.5 Å². The lowest BCUT2D eigenvalue weighted by molar-refractivity contribution is -0.136. The normalized spacial score (nSPS) is 10.3. The molecule has 0 fully saturated rings. The Labute approximate surface area is 113 Å². The van der Waals surface area contributed by atoms with Gasteiger partial charge >= 0.3 is 5.97 Å². The number of aliphatic carboxylic acids is 1. The molecule has 0 bridgehead atoms. The van der Waals surface area contributed by atoms with Crippen molar-refractivity contribution in [3.63, 3.8) is 0 Å². The molecule has 0 unspecified atom stereocenters. The molecule has 18 heavy (non-hydrogen) atoms. The van der Waals surface area contributed by atoms with Crippen LogP contribution in [-0.2, 0) is 11.2 Å². The van der Waals surface area contributed by atoms with Gasteiger partial charge in [0.2, 0.25) is 0 Å². The summed E-state index contributed by atoms with van der Waals surface area (Å²) >= 11 is 11.9. The predicted molar refractivity (Wildman–Crippen MR) is 68.8 cm³/mol. The SMILES string of the molecule is O=C(O)Cc1cnc(-c2ccccc2Cl)nc1Cl. The van der Waals surface area contributed by atoms with Crippen LogP contribution in [0, 0.1) is 0 Å². The van der Waals surface area contributed by atoms with Gasteiger partial charge in [-0.2, -0.15) is 0 Å². The van der Waals surface area contributed by atoms with Gasteiger partial charge in [-0.25, -0.2) is 9.97 Å². The van der Waals surface area contributed by atoms with Crippen LogP contribution >= 0.6 is 23.2 Å². The molecule has 0 radical (unpaired) electrons. The second-order valence-electron chi connectivity index (χ2n) is 3.56. The first-order chi connectivity index (χ1) is 8.58. The summed E-state index contributed by atoms with van der Waals surface area (Å²) in [6.07, 6.45) is 1.20. The molecule has 0 aliphatic carbocycles. The van der Waals surface area contributed by atoms with Crippen LogP contribution in [0.25, 0.3) is 11.4 Å². The van der Waals surface area contributed by atoms with Gasteiger partial charge in [0.25, 0.3) is 0 Å². The van der Waals surface area contributed by atoms with Gasteiger partial charge in [0.05, 0.1) is 11.4 Å². The molecule has 0 spiro atoms. The third-order valence-corrected chi connectivity index (χ3v) is 2.92. The number of halogens is 2. The maximum atomic E-state index is 10.6. The molecule has 0 aliphatic heterocycles. The molecule has 1 heterocycles. The molecule has 1 aromatic heterocycles. The van der Waals surface area contributed by atoms with E-state index in [2.05, 4.69) is 9.97 Å². The Balaban J connectivity index is 2.40. The largest absolute Gasteiger partial charge is 0.481 e. The highest BCUT2D eigenvalue weighted by Crippen LogP contribution is 2.26. The number of aromatic nitrogens is 2. The highest BCUT2D eigenvalue weighted by molar-refractivity contribution is 6.33. The molecule has 0 saturated carbocycles. The number of rotatable bonds is 3. The first-order valence-corrected chi connectivity index (χ1v) is 5.81. The van der Waals surface area contributed by atoms with Gasteiger partial charge in [-0.3, -0.25) is 4.79 Å². The summed E-state index contributed by atoms with van der Waals surface area (Å²) in [6.45, 7) is 0. The number of nitrogens with zero attached hydrogens (tertiary/aromatic N) is 2. The molecule has 2 rings (SSSR count). The maximum Gasteiger partial charge on any atom is 0.307 e. The third kappa shape index (κ3) is 2.78. The lowest BCUT2D eigenvalue weighted by atomic mass is 10.2. The van der Waals surface area contributed by atoms with Crippen molar-refractivity contribution in [1.82, 2.24) is 9.97 Å². The van der Waals surface area contributed by atoms with E-state index in [-0.39, 0.29) is 11.6 Å². The van der Waals surface area contributed by atoms with E-state index in [0.717, 1.165) is 0 Å². The van der Waals surface area contributed by atoms with Crippen molar-refractivity contribution in [2.45, 2.75) is 6.42 Å². The topological polar surface area (TPSA) is 63.1 Å². The summed E-state index contributed by atoms with van der Waals surface area (Å²) in [4.78, 5) is 18.7. The van der Waals surface area contributed by atoms with Gasteiger partial charge in [-0.15, -0.1) is 0 Å². The molecule has 2 aromatic rings. The zero-order valence-corrected chi connectivity index (χ0v) is 10.6. The first kappa shape index (κ1) is 12.8. The fourth-order valence-corrected chi connectivity index (χ4v) is 1.86. The molecular weight excluding hydrogens is 275 g/mol. The van der Waals surface area contributed by atoms with Gasteiger partial charge in [-0.05, 0) is 12.1 Å². The van der Waals surface area contributed by atoms with Gasteiger partial charge in [0.15, 0.2) is 5.82 Å². The third-order valence-electron chi connectivity index (χ3n) is 2.27. The van der Waals surface area contributed by atoms with E-state index in [1.807, 2.05) is 6.07 Å². The average Bonchev–Trinajstić information content (AvgIpc) is 2.32. The van der Waals surface area contributed by atoms with Gasteiger partial charge in [0.1, 0.15) is 5.15 Å². The maximum absolute atomic E-state index is 10.6. The van der Waals surface area contributed by atoms with Crippen molar-refractivity contribution >= 4 is 29.2 Å². The minimum absolute atomic E-state index is 0.127. The van der Waals surface area contributed by atoms with Crippen molar-refractivity contribution in [2.24, 2.45) is 0 Å². The fraction of sp³-hybridized carbons (Fsp3) is 0.0833. The Kier molecular flexibility index (Phi) is 3.79. The van der Waals surface area contributed by atoms with E-state index < -0.39 is 5.97 Å². The lowest BCUT2D eigenvalue weighted by Crippen LogP contribution is -2.03. The van der Waals surface area contributed by atoms with E-state index >= 15 is 0 Å². The number of hydrogen-bond acceptors (Lipinski definition) is 3. The molecule has 1 aromatic carbocycles. The van der Waals surface area contributed by atoms with E-state index in [4.69, 9.17) is 28.3 Å². The van der Waals surface area contributed by atoms with Gasteiger partial charge in [-0.1, -0.05) is 35.3 Å². The number of hydrogen-bond donors (Lipinski definition) is 1. The number of carboxylic acids is 1. The monoisotopic (exact) mass is 282 g/mol. The molecule has 0 saturated heterocycles. The Morgan fingerprint density at radius 2 is 2.00 bits per heavy atom. The van der Waals surface area contributed by atoms with Crippen LogP contribution in [0.4, 0.5) is 0 Å². The van der Waals surface area contributed by atoms with Crippen LogP contribution in [0.5, 0.6) is 0 Å².